The lowest BCUT2D eigenvalue weighted by Crippen LogP contribution is -2.13. The van der Waals surface area contributed by atoms with Gasteiger partial charge in [0.15, 0.2) is 0 Å². The average molecular weight is 361 g/mol. The third kappa shape index (κ3) is 3.15. The summed E-state index contributed by atoms with van der Waals surface area (Å²) in [6.45, 7) is 0. The Morgan fingerprint density at radius 3 is 1.11 bits per heavy atom. The maximum Gasteiger partial charge on any atom is 0.0614 e. The molecule has 2 atom stereocenters. The van der Waals surface area contributed by atoms with Crippen LogP contribution in [0.2, 0.25) is 0 Å². The second-order valence-corrected chi connectivity index (χ2v) is 7.38. The Balaban J connectivity index is 1.62. The van der Waals surface area contributed by atoms with Crippen LogP contribution in [0, 0.1) is 0 Å². The SMILES string of the molecule is c1ccc(C(c2ccccc2)N2C(c3ccccc3)C2c2ccccc2)cc1. The minimum Gasteiger partial charge on any atom is -0.274 e. The van der Waals surface area contributed by atoms with Crippen molar-refractivity contribution in [2.24, 2.45) is 0 Å². The van der Waals surface area contributed by atoms with Crippen LogP contribution in [-0.2, 0) is 0 Å². The normalized spacial score (nSPS) is 20.8. The quantitative estimate of drug-likeness (QED) is 0.363. The number of benzene rings is 4. The summed E-state index contributed by atoms with van der Waals surface area (Å²) >= 11 is 0. The minimum atomic E-state index is 0.234. The van der Waals surface area contributed by atoms with Gasteiger partial charge in [0.2, 0.25) is 0 Å². The van der Waals surface area contributed by atoms with E-state index in [-0.39, 0.29) is 6.04 Å². The highest BCUT2D eigenvalue weighted by Crippen LogP contribution is 2.60. The van der Waals surface area contributed by atoms with Crippen LogP contribution < -0.4 is 0 Å². The Morgan fingerprint density at radius 1 is 0.429 bits per heavy atom. The summed E-state index contributed by atoms with van der Waals surface area (Å²) in [5.41, 5.74) is 5.45. The maximum atomic E-state index is 2.65. The molecule has 1 heterocycles. The van der Waals surface area contributed by atoms with Crippen LogP contribution in [0.15, 0.2) is 121 Å². The summed E-state index contributed by atoms with van der Waals surface area (Å²) in [5.74, 6) is 0. The van der Waals surface area contributed by atoms with E-state index in [4.69, 9.17) is 0 Å². The molecule has 1 nitrogen and oxygen atoms in total. The van der Waals surface area contributed by atoms with Gasteiger partial charge >= 0.3 is 0 Å². The molecule has 0 saturated carbocycles. The molecule has 5 rings (SSSR count). The molecular formula is C27H23N. The number of nitrogens with zero attached hydrogens (tertiary/aromatic N) is 1. The Bertz CT molecular complexity index is 928. The van der Waals surface area contributed by atoms with Gasteiger partial charge in [0.1, 0.15) is 0 Å². The van der Waals surface area contributed by atoms with Crippen molar-refractivity contribution < 1.29 is 0 Å². The highest BCUT2D eigenvalue weighted by Gasteiger charge is 2.53. The van der Waals surface area contributed by atoms with Crippen LogP contribution in [0.3, 0.4) is 0 Å². The van der Waals surface area contributed by atoms with Crippen LogP contribution in [0.5, 0.6) is 0 Å². The van der Waals surface area contributed by atoms with Gasteiger partial charge in [-0.3, -0.25) is 4.90 Å². The highest BCUT2D eigenvalue weighted by molar-refractivity contribution is 5.41. The molecule has 2 unspecified atom stereocenters. The molecule has 0 bridgehead atoms. The van der Waals surface area contributed by atoms with Crippen LogP contribution in [0.25, 0.3) is 0 Å². The molecule has 0 aliphatic carbocycles. The van der Waals surface area contributed by atoms with Crippen LogP contribution in [0.1, 0.15) is 40.4 Å². The largest absolute Gasteiger partial charge is 0.274 e. The first-order valence-corrected chi connectivity index (χ1v) is 9.91. The Hall–Kier alpha value is -3.16. The molecule has 1 aliphatic heterocycles. The average Bonchev–Trinajstić information content (AvgIpc) is 3.52. The fourth-order valence-electron chi connectivity index (χ4n) is 4.39. The third-order valence-corrected chi connectivity index (χ3v) is 5.66. The van der Waals surface area contributed by atoms with Crippen molar-refractivity contribution in [3.63, 3.8) is 0 Å². The molecule has 1 fully saturated rings. The van der Waals surface area contributed by atoms with Crippen molar-refractivity contribution in [3.05, 3.63) is 144 Å². The van der Waals surface area contributed by atoms with Gasteiger partial charge in [0.05, 0.1) is 18.1 Å². The monoisotopic (exact) mass is 361 g/mol. The molecular weight excluding hydrogens is 338 g/mol. The van der Waals surface area contributed by atoms with Crippen molar-refractivity contribution in [2.45, 2.75) is 18.1 Å². The molecule has 4 aromatic carbocycles. The summed E-state index contributed by atoms with van der Waals surface area (Å²) in [6.07, 6.45) is 0. The fourth-order valence-corrected chi connectivity index (χ4v) is 4.39. The lowest BCUT2D eigenvalue weighted by Gasteiger charge is -2.21. The molecule has 0 amide bonds. The van der Waals surface area contributed by atoms with E-state index in [2.05, 4.69) is 126 Å². The van der Waals surface area contributed by atoms with E-state index in [1.165, 1.54) is 22.3 Å². The first-order chi connectivity index (χ1) is 13.9. The summed E-state index contributed by atoms with van der Waals surface area (Å²) in [7, 11) is 0. The van der Waals surface area contributed by atoms with Gasteiger partial charge in [0, 0.05) is 0 Å². The van der Waals surface area contributed by atoms with E-state index >= 15 is 0 Å². The Morgan fingerprint density at radius 2 is 0.750 bits per heavy atom. The fraction of sp³-hybridized carbons (Fsp3) is 0.111. The second kappa shape index (κ2) is 7.46. The number of rotatable bonds is 5. The van der Waals surface area contributed by atoms with E-state index in [1.807, 2.05) is 0 Å². The first-order valence-electron chi connectivity index (χ1n) is 9.91. The van der Waals surface area contributed by atoms with E-state index < -0.39 is 0 Å². The van der Waals surface area contributed by atoms with Crippen molar-refractivity contribution in [3.8, 4) is 0 Å². The molecule has 0 spiro atoms. The molecule has 28 heavy (non-hydrogen) atoms. The van der Waals surface area contributed by atoms with Gasteiger partial charge in [-0.15, -0.1) is 0 Å². The molecule has 0 aromatic heterocycles. The first kappa shape index (κ1) is 17.0. The standard InChI is InChI=1S/C27H23N/c1-5-13-21(14-6-1)25(22-15-7-2-8-16-22)28-26(23-17-9-3-10-18-23)27(28)24-19-11-4-12-20-24/h1-20,25-27H. The zero-order valence-electron chi connectivity index (χ0n) is 15.7. The zero-order chi connectivity index (χ0) is 18.8. The minimum absolute atomic E-state index is 0.234. The van der Waals surface area contributed by atoms with Crippen molar-refractivity contribution in [1.29, 1.82) is 0 Å². The van der Waals surface area contributed by atoms with E-state index in [9.17, 15) is 0 Å². The van der Waals surface area contributed by atoms with Gasteiger partial charge in [-0.25, -0.2) is 0 Å². The predicted molar refractivity (Wildman–Crippen MR) is 115 cm³/mol. The molecule has 0 N–H and O–H groups in total. The van der Waals surface area contributed by atoms with Crippen LogP contribution in [-0.4, -0.2) is 4.90 Å². The Kier molecular flexibility index (Phi) is 4.52. The summed E-state index contributed by atoms with van der Waals surface area (Å²) in [4.78, 5) is 2.65. The lowest BCUT2D eigenvalue weighted by molar-refractivity contribution is 0.410. The van der Waals surface area contributed by atoms with Crippen LogP contribution >= 0.6 is 0 Å². The van der Waals surface area contributed by atoms with Gasteiger partial charge < -0.3 is 0 Å². The van der Waals surface area contributed by atoms with Crippen molar-refractivity contribution >= 4 is 0 Å². The second-order valence-electron chi connectivity index (χ2n) is 7.38. The molecule has 4 aromatic rings. The third-order valence-electron chi connectivity index (χ3n) is 5.66. The highest BCUT2D eigenvalue weighted by atomic mass is 15.4. The smallest absolute Gasteiger partial charge is 0.0614 e. The maximum absolute atomic E-state index is 2.65. The molecule has 136 valence electrons. The molecule has 0 radical (unpaired) electrons. The number of hydrogen-bond acceptors (Lipinski definition) is 1. The predicted octanol–water partition coefficient (Wildman–Crippen LogP) is 6.57. The van der Waals surface area contributed by atoms with Crippen molar-refractivity contribution in [2.75, 3.05) is 0 Å². The molecule has 1 saturated heterocycles. The van der Waals surface area contributed by atoms with Gasteiger partial charge in [-0.1, -0.05) is 121 Å². The van der Waals surface area contributed by atoms with Gasteiger partial charge in [-0.05, 0) is 22.3 Å². The zero-order valence-corrected chi connectivity index (χ0v) is 15.7. The van der Waals surface area contributed by atoms with E-state index in [1.54, 1.807) is 0 Å². The lowest BCUT2D eigenvalue weighted by atomic mass is 9.98. The van der Waals surface area contributed by atoms with E-state index in [0.29, 0.717) is 12.1 Å². The van der Waals surface area contributed by atoms with Gasteiger partial charge in [0.25, 0.3) is 0 Å². The van der Waals surface area contributed by atoms with Gasteiger partial charge in [-0.2, -0.15) is 0 Å². The number of hydrogen-bond donors (Lipinski definition) is 0. The summed E-state index contributed by atoms with van der Waals surface area (Å²) in [5, 5.41) is 0. The Labute approximate surface area is 166 Å². The summed E-state index contributed by atoms with van der Waals surface area (Å²) in [6, 6.07) is 44.6. The summed E-state index contributed by atoms with van der Waals surface area (Å²) < 4.78 is 0. The molecule has 1 aliphatic rings. The molecule has 1 heteroatoms. The van der Waals surface area contributed by atoms with Crippen LogP contribution in [0.4, 0.5) is 0 Å². The topological polar surface area (TPSA) is 3.01 Å². The van der Waals surface area contributed by atoms with E-state index in [0.717, 1.165) is 0 Å². The van der Waals surface area contributed by atoms with Crippen molar-refractivity contribution in [1.82, 2.24) is 4.90 Å².